The van der Waals surface area contributed by atoms with Crippen molar-refractivity contribution in [3.8, 4) is 11.5 Å². The SMILES string of the molecule is CC(C)(O)C1CCC2(CO)CCC3(C)C(CCC4C5(C)CCC(OC(=O)C=Cc6ccc(O)c(O)c6)C(C)(C)C5CCC43C)C12. The Balaban J connectivity index is 1.23. The van der Waals surface area contributed by atoms with Gasteiger partial charge in [0.05, 0.1) is 5.60 Å². The molecule has 45 heavy (non-hydrogen) atoms. The zero-order valence-corrected chi connectivity index (χ0v) is 28.7. The molecule has 5 fully saturated rings. The molecule has 5 saturated carbocycles. The van der Waals surface area contributed by atoms with Crippen molar-refractivity contribution in [2.45, 2.75) is 124 Å². The zero-order valence-electron chi connectivity index (χ0n) is 28.7. The van der Waals surface area contributed by atoms with E-state index in [1.165, 1.54) is 37.5 Å². The topological polar surface area (TPSA) is 107 Å². The summed E-state index contributed by atoms with van der Waals surface area (Å²) in [7, 11) is 0. The highest BCUT2D eigenvalue weighted by molar-refractivity contribution is 5.87. The van der Waals surface area contributed by atoms with Crippen LogP contribution in [-0.4, -0.2) is 44.7 Å². The molecule has 0 heterocycles. The second-order valence-corrected chi connectivity index (χ2v) is 17.9. The van der Waals surface area contributed by atoms with Crippen molar-refractivity contribution < 1.29 is 30.0 Å². The quantitative estimate of drug-likeness (QED) is 0.151. The molecule has 0 spiro atoms. The summed E-state index contributed by atoms with van der Waals surface area (Å²) in [5, 5.41) is 41.5. The van der Waals surface area contributed by atoms with Crippen LogP contribution in [0.4, 0.5) is 0 Å². The van der Waals surface area contributed by atoms with E-state index < -0.39 is 5.60 Å². The van der Waals surface area contributed by atoms with Gasteiger partial charge in [-0.1, -0.05) is 40.7 Å². The molecule has 5 aliphatic carbocycles. The van der Waals surface area contributed by atoms with Gasteiger partial charge in [-0.3, -0.25) is 0 Å². The van der Waals surface area contributed by atoms with Crippen LogP contribution in [0, 0.1) is 56.7 Å². The molecule has 1 aromatic rings. The maximum Gasteiger partial charge on any atom is 0.331 e. The number of phenolic OH excluding ortho intramolecular Hbond substituents is 2. The Hall–Kier alpha value is -2.05. The molecule has 10 unspecified atom stereocenters. The van der Waals surface area contributed by atoms with Gasteiger partial charge in [0.15, 0.2) is 11.5 Å². The number of aromatic hydroxyl groups is 2. The third-order valence-electron chi connectivity index (χ3n) is 15.4. The number of esters is 1. The fourth-order valence-corrected chi connectivity index (χ4v) is 13.0. The summed E-state index contributed by atoms with van der Waals surface area (Å²) in [5.74, 6) is 1.39. The number of benzene rings is 1. The van der Waals surface area contributed by atoms with E-state index in [1.807, 2.05) is 13.8 Å². The van der Waals surface area contributed by atoms with Crippen LogP contribution in [0.3, 0.4) is 0 Å². The molecule has 0 saturated heterocycles. The van der Waals surface area contributed by atoms with Crippen LogP contribution >= 0.6 is 0 Å². The standard InChI is InChI=1S/C39H58O6/c1-34(2)29-15-18-38(7)30(12-10-26-33-25(35(3,4)44)14-19-39(33,23-40)21-20-37(26,38)6)36(29,5)17-16-31(34)45-32(43)13-9-24-8-11-27(41)28(42)22-24/h8-9,11,13,22,25-26,29-31,33,40-42,44H,10,12,14-21,23H2,1-7H3. The van der Waals surface area contributed by atoms with Gasteiger partial charge in [0, 0.05) is 18.1 Å². The van der Waals surface area contributed by atoms with Crippen molar-refractivity contribution in [3.05, 3.63) is 29.8 Å². The fourth-order valence-electron chi connectivity index (χ4n) is 13.0. The summed E-state index contributed by atoms with van der Waals surface area (Å²) in [4.78, 5) is 13.0. The Morgan fingerprint density at radius 3 is 2.29 bits per heavy atom. The molecule has 6 rings (SSSR count). The van der Waals surface area contributed by atoms with Crippen molar-refractivity contribution in [2.24, 2.45) is 56.7 Å². The van der Waals surface area contributed by atoms with Gasteiger partial charge < -0.3 is 25.2 Å². The number of hydrogen-bond acceptors (Lipinski definition) is 6. The lowest BCUT2D eigenvalue weighted by Gasteiger charge is -2.73. The van der Waals surface area contributed by atoms with Crippen LogP contribution in [0.1, 0.15) is 118 Å². The molecule has 6 heteroatoms. The van der Waals surface area contributed by atoms with Gasteiger partial charge in [0.2, 0.25) is 0 Å². The fraction of sp³-hybridized carbons (Fsp3) is 0.769. The maximum absolute atomic E-state index is 13.0. The van der Waals surface area contributed by atoms with Gasteiger partial charge in [0.25, 0.3) is 0 Å². The summed E-state index contributed by atoms with van der Waals surface area (Å²) >= 11 is 0. The van der Waals surface area contributed by atoms with Crippen LogP contribution in [0.15, 0.2) is 24.3 Å². The van der Waals surface area contributed by atoms with E-state index in [0.717, 1.165) is 44.9 Å². The summed E-state index contributed by atoms with van der Waals surface area (Å²) in [6.45, 7) is 16.6. The lowest BCUT2D eigenvalue weighted by molar-refractivity contribution is -0.255. The number of aliphatic hydroxyl groups is 2. The number of hydrogen-bond donors (Lipinski definition) is 4. The Morgan fingerprint density at radius 2 is 1.62 bits per heavy atom. The van der Waals surface area contributed by atoms with Crippen molar-refractivity contribution >= 4 is 12.0 Å². The molecule has 0 aliphatic heterocycles. The summed E-state index contributed by atoms with van der Waals surface area (Å²) < 4.78 is 6.17. The van der Waals surface area contributed by atoms with E-state index in [0.29, 0.717) is 29.2 Å². The zero-order chi connectivity index (χ0) is 32.8. The number of aliphatic hydroxyl groups excluding tert-OH is 1. The van der Waals surface area contributed by atoms with E-state index in [4.69, 9.17) is 4.74 Å². The van der Waals surface area contributed by atoms with Crippen LogP contribution in [0.5, 0.6) is 11.5 Å². The Kier molecular flexibility index (Phi) is 7.84. The van der Waals surface area contributed by atoms with Crippen molar-refractivity contribution in [3.63, 3.8) is 0 Å². The smallest absolute Gasteiger partial charge is 0.331 e. The molecular weight excluding hydrogens is 564 g/mol. The number of fused-ring (bicyclic) bond motifs is 7. The van der Waals surface area contributed by atoms with Gasteiger partial charge in [0.1, 0.15) is 6.10 Å². The second-order valence-electron chi connectivity index (χ2n) is 17.9. The van der Waals surface area contributed by atoms with Crippen LogP contribution in [-0.2, 0) is 9.53 Å². The molecule has 0 amide bonds. The average molecular weight is 623 g/mol. The normalized spacial score (nSPS) is 44.0. The monoisotopic (exact) mass is 622 g/mol. The molecule has 0 radical (unpaired) electrons. The van der Waals surface area contributed by atoms with Gasteiger partial charge in [-0.25, -0.2) is 4.79 Å². The third kappa shape index (κ3) is 4.81. The molecule has 0 bridgehead atoms. The maximum atomic E-state index is 13.0. The first-order valence-electron chi connectivity index (χ1n) is 17.7. The van der Waals surface area contributed by atoms with Crippen LogP contribution in [0.2, 0.25) is 0 Å². The molecule has 1 aromatic carbocycles. The van der Waals surface area contributed by atoms with Crippen LogP contribution in [0.25, 0.3) is 6.08 Å². The number of carbonyl (C=O) groups is 1. The minimum Gasteiger partial charge on any atom is -0.504 e. The first kappa shape index (κ1) is 32.9. The number of carbonyl (C=O) groups excluding carboxylic acids is 1. The highest BCUT2D eigenvalue weighted by Gasteiger charge is 2.71. The molecule has 4 N–H and O–H groups in total. The Morgan fingerprint density at radius 1 is 0.889 bits per heavy atom. The highest BCUT2D eigenvalue weighted by atomic mass is 16.5. The first-order valence-corrected chi connectivity index (χ1v) is 17.7. The second kappa shape index (κ2) is 10.7. The summed E-state index contributed by atoms with van der Waals surface area (Å²) in [5.41, 5.74) is 0.197. The van der Waals surface area contributed by atoms with E-state index in [9.17, 15) is 25.2 Å². The first-order chi connectivity index (χ1) is 20.9. The highest BCUT2D eigenvalue weighted by Crippen LogP contribution is 2.77. The molecule has 250 valence electrons. The van der Waals surface area contributed by atoms with Crippen molar-refractivity contribution in [2.75, 3.05) is 6.61 Å². The van der Waals surface area contributed by atoms with Crippen molar-refractivity contribution in [1.29, 1.82) is 0 Å². The molecule has 0 aromatic heterocycles. The minimum atomic E-state index is -0.734. The van der Waals surface area contributed by atoms with Gasteiger partial charge in [-0.05, 0) is 153 Å². The number of rotatable bonds is 5. The summed E-state index contributed by atoms with van der Waals surface area (Å²) in [6, 6.07) is 4.49. The number of phenols is 2. The van der Waals surface area contributed by atoms with Gasteiger partial charge in [-0.15, -0.1) is 0 Å². The molecule has 10 atom stereocenters. The van der Waals surface area contributed by atoms with Crippen LogP contribution < -0.4 is 0 Å². The predicted octanol–water partition coefficient (Wildman–Crippen LogP) is 7.87. The van der Waals surface area contributed by atoms with Gasteiger partial charge >= 0.3 is 5.97 Å². The van der Waals surface area contributed by atoms with E-state index in [1.54, 1.807) is 12.1 Å². The lowest BCUT2D eigenvalue weighted by Crippen LogP contribution is -2.67. The van der Waals surface area contributed by atoms with Crippen molar-refractivity contribution in [1.82, 2.24) is 0 Å². The Bertz CT molecular complexity index is 1340. The van der Waals surface area contributed by atoms with E-state index in [2.05, 4.69) is 34.6 Å². The molecule has 6 nitrogen and oxygen atoms in total. The van der Waals surface area contributed by atoms with E-state index in [-0.39, 0.29) is 63.2 Å². The summed E-state index contributed by atoms with van der Waals surface area (Å²) in [6.07, 6.45) is 13.7. The predicted molar refractivity (Wildman–Crippen MR) is 176 cm³/mol. The molecular formula is C39H58O6. The average Bonchev–Trinajstić information content (AvgIpc) is 3.36. The lowest BCUT2D eigenvalue weighted by atomic mass is 9.32. The van der Waals surface area contributed by atoms with Gasteiger partial charge in [-0.2, -0.15) is 0 Å². The third-order valence-corrected chi connectivity index (χ3v) is 15.4. The Labute approximate surface area is 270 Å². The minimum absolute atomic E-state index is 0.0415. The number of ether oxygens (including phenoxy) is 1. The molecule has 5 aliphatic rings. The van der Waals surface area contributed by atoms with E-state index >= 15 is 0 Å². The largest absolute Gasteiger partial charge is 0.504 e.